The van der Waals surface area contributed by atoms with Gasteiger partial charge in [0.15, 0.2) is 0 Å². The summed E-state index contributed by atoms with van der Waals surface area (Å²) < 4.78 is 0. The maximum atomic E-state index is 11.0. The van der Waals surface area contributed by atoms with E-state index in [1.165, 1.54) is 0 Å². The molecule has 0 bridgehead atoms. The molecule has 15 heavy (non-hydrogen) atoms. The number of phenols is 1. The maximum absolute atomic E-state index is 11.0. The number of carbonyl (C=O) groups is 1. The number of aliphatic carboxylic acids is 1. The van der Waals surface area contributed by atoms with E-state index in [0.717, 1.165) is 5.56 Å². The normalized spacial score (nSPS) is 25.3. The summed E-state index contributed by atoms with van der Waals surface area (Å²) in [6.45, 7) is 1.07. The molecule has 1 heterocycles. The van der Waals surface area contributed by atoms with Crippen molar-refractivity contribution in [3.8, 4) is 5.75 Å². The fourth-order valence-electron chi connectivity index (χ4n) is 2.07. The van der Waals surface area contributed by atoms with Crippen LogP contribution in [0.2, 0.25) is 0 Å². The van der Waals surface area contributed by atoms with E-state index in [1.54, 1.807) is 18.2 Å². The standard InChI is InChI=1S/C11H13NO3/c13-10-4-2-1-3-7(10)8-5-12-6-9(8)11(14)15/h1-4,8-9,12-13H,5-6H2,(H,14,15)/t8-,9+/m0/s1. The zero-order valence-corrected chi connectivity index (χ0v) is 8.18. The van der Waals surface area contributed by atoms with Gasteiger partial charge in [-0.3, -0.25) is 4.79 Å². The first-order valence-corrected chi connectivity index (χ1v) is 4.91. The molecule has 80 valence electrons. The van der Waals surface area contributed by atoms with E-state index in [2.05, 4.69) is 5.32 Å². The van der Waals surface area contributed by atoms with Crippen LogP contribution in [-0.2, 0) is 4.79 Å². The second-order valence-corrected chi connectivity index (χ2v) is 3.77. The zero-order chi connectivity index (χ0) is 10.8. The summed E-state index contributed by atoms with van der Waals surface area (Å²) in [4.78, 5) is 11.0. The summed E-state index contributed by atoms with van der Waals surface area (Å²) in [7, 11) is 0. The van der Waals surface area contributed by atoms with Gasteiger partial charge in [-0.15, -0.1) is 0 Å². The Kier molecular flexibility index (Phi) is 2.60. The van der Waals surface area contributed by atoms with Crippen molar-refractivity contribution in [1.82, 2.24) is 5.32 Å². The zero-order valence-electron chi connectivity index (χ0n) is 8.18. The SMILES string of the molecule is O=C(O)[C@@H]1CNC[C@H]1c1ccccc1O. The maximum Gasteiger partial charge on any atom is 0.308 e. The first-order valence-electron chi connectivity index (χ1n) is 4.91. The largest absolute Gasteiger partial charge is 0.508 e. The lowest BCUT2D eigenvalue weighted by atomic mass is 9.88. The Morgan fingerprint density at radius 3 is 2.73 bits per heavy atom. The van der Waals surface area contributed by atoms with Gasteiger partial charge in [0.2, 0.25) is 0 Å². The summed E-state index contributed by atoms with van der Waals surface area (Å²) in [5.74, 6) is -1.22. The van der Waals surface area contributed by atoms with Gasteiger partial charge in [0, 0.05) is 19.0 Å². The average molecular weight is 207 g/mol. The Balaban J connectivity index is 2.30. The van der Waals surface area contributed by atoms with E-state index in [4.69, 9.17) is 5.11 Å². The Morgan fingerprint density at radius 2 is 2.07 bits per heavy atom. The van der Waals surface area contributed by atoms with Crippen molar-refractivity contribution in [3.05, 3.63) is 29.8 Å². The van der Waals surface area contributed by atoms with Gasteiger partial charge in [0.05, 0.1) is 5.92 Å². The van der Waals surface area contributed by atoms with Crippen LogP contribution in [0, 0.1) is 5.92 Å². The molecule has 0 amide bonds. The lowest BCUT2D eigenvalue weighted by Crippen LogP contribution is -2.21. The molecule has 1 aliphatic heterocycles. The van der Waals surface area contributed by atoms with Crippen LogP contribution in [0.4, 0.5) is 0 Å². The molecule has 0 saturated carbocycles. The molecular weight excluding hydrogens is 194 g/mol. The number of nitrogens with one attached hydrogen (secondary N) is 1. The number of rotatable bonds is 2. The van der Waals surface area contributed by atoms with Gasteiger partial charge in [-0.05, 0) is 11.6 Å². The second-order valence-electron chi connectivity index (χ2n) is 3.77. The van der Waals surface area contributed by atoms with Gasteiger partial charge in [-0.25, -0.2) is 0 Å². The molecule has 4 nitrogen and oxygen atoms in total. The molecule has 0 radical (unpaired) electrons. The van der Waals surface area contributed by atoms with Crippen molar-refractivity contribution >= 4 is 5.97 Å². The Hall–Kier alpha value is -1.55. The molecular formula is C11H13NO3. The van der Waals surface area contributed by atoms with Gasteiger partial charge in [0.1, 0.15) is 5.75 Å². The molecule has 0 aromatic heterocycles. The highest BCUT2D eigenvalue weighted by atomic mass is 16.4. The molecule has 1 saturated heterocycles. The number of aromatic hydroxyl groups is 1. The molecule has 0 unspecified atom stereocenters. The quantitative estimate of drug-likeness (QED) is 0.670. The highest BCUT2D eigenvalue weighted by Crippen LogP contribution is 2.33. The molecule has 1 fully saturated rings. The van der Waals surface area contributed by atoms with E-state index < -0.39 is 11.9 Å². The molecule has 0 aliphatic carbocycles. The molecule has 1 aromatic carbocycles. The van der Waals surface area contributed by atoms with Crippen molar-refractivity contribution < 1.29 is 15.0 Å². The van der Waals surface area contributed by atoms with Gasteiger partial charge in [0.25, 0.3) is 0 Å². The predicted octanol–water partition coefficient (Wildman–Crippen LogP) is 0.780. The smallest absolute Gasteiger partial charge is 0.308 e. The van der Waals surface area contributed by atoms with Gasteiger partial charge < -0.3 is 15.5 Å². The minimum absolute atomic E-state index is 0.135. The van der Waals surface area contributed by atoms with E-state index in [-0.39, 0.29) is 11.7 Å². The topological polar surface area (TPSA) is 69.6 Å². The van der Waals surface area contributed by atoms with Crippen LogP contribution in [0.5, 0.6) is 5.75 Å². The van der Waals surface area contributed by atoms with E-state index in [0.29, 0.717) is 13.1 Å². The van der Waals surface area contributed by atoms with Crippen LogP contribution in [-0.4, -0.2) is 29.3 Å². The van der Waals surface area contributed by atoms with Crippen molar-refractivity contribution in [2.45, 2.75) is 5.92 Å². The van der Waals surface area contributed by atoms with Gasteiger partial charge >= 0.3 is 5.97 Å². The van der Waals surface area contributed by atoms with Gasteiger partial charge in [-0.2, -0.15) is 0 Å². The fraction of sp³-hybridized carbons (Fsp3) is 0.364. The molecule has 2 rings (SSSR count). The molecule has 1 aromatic rings. The third-order valence-electron chi connectivity index (χ3n) is 2.87. The summed E-state index contributed by atoms with van der Waals surface area (Å²) >= 11 is 0. The van der Waals surface area contributed by atoms with Crippen molar-refractivity contribution in [2.75, 3.05) is 13.1 Å². The van der Waals surface area contributed by atoms with Crippen LogP contribution in [0.1, 0.15) is 11.5 Å². The molecule has 2 atom stereocenters. The van der Waals surface area contributed by atoms with Crippen LogP contribution >= 0.6 is 0 Å². The number of benzene rings is 1. The molecule has 3 N–H and O–H groups in total. The van der Waals surface area contributed by atoms with Crippen molar-refractivity contribution in [3.63, 3.8) is 0 Å². The monoisotopic (exact) mass is 207 g/mol. The fourth-order valence-corrected chi connectivity index (χ4v) is 2.07. The first kappa shape index (κ1) is 9.98. The number of hydrogen-bond donors (Lipinski definition) is 3. The van der Waals surface area contributed by atoms with E-state index >= 15 is 0 Å². The average Bonchev–Trinajstić information content (AvgIpc) is 2.67. The van der Waals surface area contributed by atoms with Crippen LogP contribution in [0.15, 0.2) is 24.3 Å². The Morgan fingerprint density at radius 1 is 1.33 bits per heavy atom. The lowest BCUT2D eigenvalue weighted by Gasteiger charge is -2.15. The van der Waals surface area contributed by atoms with Crippen LogP contribution in [0.25, 0.3) is 0 Å². The third-order valence-corrected chi connectivity index (χ3v) is 2.87. The summed E-state index contributed by atoms with van der Waals surface area (Å²) in [6.07, 6.45) is 0. The number of carboxylic acid groups (broad SMARTS) is 1. The molecule has 4 heteroatoms. The number of para-hydroxylation sites is 1. The summed E-state index contributed by atoms with van der Waals surface area (Å²) in [6, 6.07) is 6.92. The minimum Gasteiger partial charge on any atom is -0.508 e. The highest BCUT2D eigenvalue weighted by Gasteiger charge is 2.34. The van der Waals surface area contributed by atoms with Gasteiger partial charge in [-0.1, -0.05) is 18.2 Å². The predicted molar refractivity (Wildman–Crippen MR) is 54.8 cm³/mol. The lowest BCUT2D eigenvalue weighted by molar-refractivity contribution is -0.141. The van der Waals surface area contributed by atoms with Crippen LogP contribution in [0.3, 0.4) is 0 Å². The minimum atomic E-state index is -0.812. The van der Waals surface area contributed by atoms with Crippen molar-refractivity contribution in [1.29, 1.82) is 0 Å². The van der Waals surface area contributed by atoms with E-state index in [1.807, 2.05) is 6.07 Å². The third kappa shape index (κ3) is 1.80. The Labute approximate surface area is 87.6 Å². The first-order chi connectivity index (χ1) is 7.20. The summed E-state index contributed by atoms with van der Waals surface area (Å²) in [5, 5.41) is 21.7. The second kappa shape index (κ2) is 3.90. The molecule has 1 aliphatic rings. The van der Waals surface area contributed by atoms with E-state index in [9.17, 15) is 9.90 Å². The number of carboxylic acids is 1. The molecule has 0 spiro atoms. The number of phenolic OH excluding ortho intramolecular Hbond substituents is 1. The summed E-state index contributed by atoms with van der Waals surface area (Å²) in [5.41, 5.74) is 0.718. The number of hydrogen-bond acceptors (Lipinski definition) is 3. The Bertz CT molecular complexity index is 378. The highest BCUT2D eigenvalue weighted by molar-refractivity contribution is 5.72. The van der Waals surface area contributed by atoms with Crippen LogP contribution < -0.4 is 5.32 Å². The van der Waals surface area contributed by atoms with Crippen molar-refractivity contribution in [2.24, 2.45) is 5.92 Å².